The number of nitrogens with zero attached hydrogens (tertiary/aromatic N) is 2. The van der Waals surface area contributed by atoms with E-state index >= 15 is 0 Å². The third-order valence-corrected chi connectivity index (χ3v) is 5.02. The minimum atomic E-state index is -0.490. The maximum atomic E-state index is 12.8. The normalized spacial score (nSPS) is 15.4. The Kier molecular flexibility index (Phi) is 6.22. The molecule has 2 aromatic rings. The number of hydrogen-bond donors (Lipinski definition) is 0. The highest BCUT2D eigenvalue weighted by molar-refractivity contribution is 5.81. The van der Waals surface area contributed by atoms with Crippen LogP contribution in [-0.4, -0.2) is 50.2 Å². The molecule has 5 nitrogen and oxygen atoms in total. The smallest absolute Gasteiger partial charge is 0.263 e. The molecule has 0 aliphatic carbocycles. The van der Waals surface area contributed by atoms with E-state index in [0.29, 0.717) is 13.1 Å². The van der Waals surface area contributed by atoms with Gasteiger partial charge in [0.1, 0.15) is 11.5 Å². The van der Waals surface area contributed by atoms with E-state index in [2.05, 4.69) is 17.9 Å². The highest BCUT2D eigenvalue weighted by Gasteiger charge is 2.27. The van der Waals surface area contributed by atoms with E-state index in [1.54, 1.807) is 7.11 Å². The van der Waals surface area contributed by atoms with Crippen LogP contribution in [0.25, 0.3) is 0 Å². The van der Waals surface area contributed by atoms with Crippen molar-refractivity contribution in [1.82, 2.24) is 4.90 Å². The molecule has 1 amide bonds. The number of piperazine rings is 1. The van der Waals surface area contributed by atoms with E-state index in [-0.39, 0.29) is 5.91 Å². The highest BCUT2D eigenvalue weighted by Crippen LogP contribution is 2.28. The molecule has 1 saturated heterocycles. The number of methoxy groups -OCH3 is 1. The van der Waals surface area contributed by atoms with Crippen molar-refractivity contribution in [2.75, 3.05) is 38.2 Å². The van der Waals surface area contributed by atoms with E-state index in [1.165, 1.54) is 0 Å². The summed E-state index contributed by atoms with van der Waals surface area (Å²) in [4.78, 5) is 17.0. The molecule has 1 atom stereocenters. The van der Waals surface area contributed by atoms with Crippen LogP contribution in [0, 0.1) is 0 Å². The fourth-order valence-corrected chi connectivity index (χ4v) is 3.47. The number of para-hydroxylation sites is 3. The Balaban J connectivity index is 1.59. The second kappa shape index (κ2) is 8.80. The minimum absolute atomic E-state index is 0.0422. The fourth-order valence-electron chi connectivity index (χ4n) is 3.47. The molecule has 0 aromatic heterocycles. The number of anilines is 1. The number of aryl methyl sites for hydroxylation is 1. The Bertz CT molecular complexity index is 770. The lowest BCUT2D eigenvalue weighted by atomic mass is 10.1. The van der Waals surface area contributed by atoms with Gasteiger partial charge in [-0.15, -0.1) is 0 Å². The second-order valence-electron chi connectivity index (χ2n) is 6.71. The first-order valence-corrected chi connectivity index (χ1v) is 9.55. The molecule has 1 aliphatic heterocycles. The summed E-state index contributed by atoms with van der Waals surface area (Å²) in [7, 11) is 1.69. The first-order valence-electron chi connectivity index (χ1n) is 9.55. The first kappa shape index (κ1) is 19.1. The molecule has 5 heteroatoms. The summed E-state index contributed by atoms with van der Waals surface area (Å²) in [5.74, 6) is 1.71. The molecule has 0 saturated carbocycles. The van der Waals surface area contributed by atoms with Gasteiger partial charge in [0, 0.05) is 26.2 Å². The van der Waals surface area contributed by atoms with Crippen LogP contribution in [0.3, 0.4) is 0 Å². The molecular weight excluding hydrogens is 340 g/mol. The molecule has 0 N–H and O–H groups in total. The lowest BCUT2D eigenvalue weighted by Gasteiger charge is -2.37. The molecule has 1 fully saturated rings. The molecule has 0 radical (unpaired) electrons. The van der Waals surface area contributed by atoms with Crippen LogP contribution in [0.5, 0.6) is 11.5 Å². The predicted molar refractivity (Wildman–Crippen MR) is 108 cm³/mol. The summed E-state index contributed by atoms with van der Waals surface area (Å²) < 4.78 is 11.4. The van der Waals surface area contributed by atoms with Gasteiger partial charge in [0.15, 0.2) is 6.10 Å². The molecular formula is C22H28N2O3. The maximum absolute atomic E-state index is 12.8. The minimum Gasteiger partial charge on any atom is -0.495 e. The number of carbonyl (C=O) groups excluding carboxylic acids is 1. The Morgan fingerprint density at radius 1 is 1.00 bits per heavy atom. The Morgan fingerprint density at radius 3 is 2.30 bits per heavy atom. The summed E-state index contributed by atoms with van der Waals surface area (Å²) >= 11 is 0. The number of rotatable bonds is 6. The van der Waals surface area contributed by atoms with Gasteiger partial charge >= 0.3 is 0 Å². The average Bonchev–Trinajstić information content (AvgIpc) is 2.73. The molecule has 1 heterocycles. The number of carbonyl (C=O) groups is 1. The van der Waals surface area contributed by atoms with E-state index in [1.807, 2.05) is 54.3 Å². The van der Waals surface area contributed by atoms with Crippen molar-refractivity contribution < 1.29 is 14.3 Å². The number of benzene rings is 2. The SMILES string of the molecule is CCc1ccccc1O[C@@H](C)C(=O)N1CCN(c2ccccc2OC)CC1. The van der Waals surface area contributed by atoms with Gasteiger partial charge in [-0.3, -0.25) is 4.79 Å². The lowest BCUT2D eigenvalue weighted by Crippen LogP contribution is -2.52. The van der Waals surface area contributed by atoms with Gasteiger partial charge in [0.05, 0.1) is 12.8 Å². The lowest BCUT2D eigenvalue weighted by molar-refractivity contribution is -0.138. The van der Waals surface area contributed by atoms with E-state index in [4.69, 9.17) is 9.47 Å². The zero-order valence-corrected chi connectivity index (χ0v) is 16.4. The van der Waals surface area contributed by atoms with E-state index in [9.17, 15) is 4.79 Å². The van der Waals surface area contributed by atoms with Crippen LogP contribution in [-0.2, 0) is 11.2 Å². The van der Waals surface area contributed by atoms with Crippen LogP contribution in [0.1, 0.15) is 19.4 Å². The van der Waals surface area contributed by atoms with Gasteiger partial charge in [0.25, 0.3) is 5.91 Å². The number of amides is 1. The van der Waals surface area contributed by atoms with Crippen molar-refractivity contribution >= 4 is 11.6 Å². The Morgan fingerprint density at radius 2 is 1.63 bits per heavy atom. The van der Waals surface area contributed by atoms with Crippen molar-refractivity contribution in [2.24, 2.45) is 0 Å². The van der Waals surface area contributed by atoms with Gasteiger partial charge < -0.3 is 19.3 Å². The molecule has 0 unspecified atom stereocenters. The molecule has 27 heavy (non-hydrogen) atoms. The van der Waals surface area contributed by atoms with Crippen molar-refractivity contribution in [3.05, 3.63) is 54.1 Å². The van der Waals surface area contributed by atoms with Crippen molar-refractivity contribution in [1.29, 1.82) is 0 Å². The quantitative estimate of drug-likeness (QED) is 0.784. The maximum Gasteiger partial charge on any atom is 0.263 e. The number of hydrogen-bond acceptors (Lipinski definition) is 4. The topological polar surface area (TPSA) is 42.0 Å². The van der Waals surface area contributed by atoms with Crippen LogP contribution in [0.4, 0.5) is 5.69 Å². The first-order chi connectivity index (χ1) is 13.1. The average molecular weight is 368 g/mol. The fraction of sp³-hybridized carbons (Fsp3) is 0.409. The van der Waals surface area contributed by atoms with Crippen LogP contribution in [0.15, 0.2) is 48.5 Å². The van der Waals surface area contributed by atoms with Gasteiger partial charge in [-0.25, -0.2) is 0 Å². The number of ether oxygens (including phenoxy) is 2. The van der Waals surface area contributed by atoms with Gasteiger partial charge in [0.2, 0.25) is 0 Å². The highest BCUT2D eigenvalue weighted by atomic mass is 16.5. The summed E-state index contributed by atoms with van der Waals surface area (Å²) in [6.07, 6.45) is 0.393. The third kappa shape index (κ3) is 4.35. The summed E-state index contributed by atoms with van der Waals surface area (Å²) in [6, 6.07) is 15.9. The zero-order valence-electron chi connectivity index (χ0n) is 16.4. The monoisotopic (exact) mass is 368 g/mol. The Hall–Kier alpha value is -2.69. The summed E-state index contributed by atoms with van der Waals surface area (Å²) in [5, 5.41) is 0. The standard InChI is InChI=1S/C22H28N2O3/c1-4-18-9-5-7-11-20(18)27-17(2)22(25)24-15-13-23(14-16-24)19-10-6-8-12-21(19)26-3/h5-12,17H,4,13-16H2,1-3H3/t17-/m0/s1. The van der Waals surface area contributed by atoms with E-state index in [0.717, 1.165) is 42.3 Å². The molecule has 144 valence electrons. The van der Waals surface area contributed by atoms with Crippen molar-refractivity contribution in [3.63, 3.8) is 0 Å². The van der Waals surface area contributed by atoms with Crippen molar-refractivity contribution in [3.8, 4) is 11.5 Å². The third-order valence-electron chi connectivity index (χ3n) is 5.02. The van der Waals surface area contributed by atoms with Crippen molar-refractivity contribution in [2.45, 2.75) is 26.4 Å². The van der Waals surface area contributed by atoms with Crippen LogP contribution < -0.4 is 14.4 Å². The summed E-state index contributed by atoms with van der Waals surface area (Å²) in [6.45, 7) is 6.85. The van der Waals surface area contributed by atoms with E-state index < -0.39 is 6.10 Å². The second-order valence-corrected chi connectivity index (χ2v) is 6.71. The van der Waals surface area contributed by atoms with Crippen LogP contribution in [0.2, 0.25) is 0 Å². The Labute approximate surface area is 161 Å². The molecule has 1 aliphatic rings. The molecule has 0 spiro atoms. The predicted octanol–water partition coefficient (Wildman–Crippen LogP) is 3.37. The van der Waals surface area contributed by atoms with Gasteiger partial charge in [-0.2, -0.15) is 0 Å². The molecule has 2 aromatic carbocycles. The molecule has 3 rings (SSSR count). The largest absolute Gasteiger partial charge is 0.495 e. The zero-order chi connectivity index (χ0) is 19.2. The van der Waals surface area contributed by atoms with Crippen LogP contribution >= 0.6 is 0 Å². The summed E-state index contributed by atoms with van der Waals surface area (Å²) in [5.41, 5.74) is 2.20. The van der Waals surface area contributed by atoms with Gasteiger partial charge in [-0.05, 0) is 37.1 Å². The van der Waals surface area contributed by atoms with Gasteiger partial charge in [-0.1, -0.05) is 37.3 Å². The molecule has 0 bridgehead atoms.